The van der Waals surface area contributed by atoms with E-state index in [0.29, 0.717) is 4.47 Å². The van der Waals surface area contributed by atoms with E-state index in [1.54, 1.807) is 12.1 Å². The van der Waals surface area contributed by atoms with Gasteiger partial charge >= 0.3 is 12.0 Å². The van der Waals surface area contributed by atoms with E-state index in [2.05, 4.69) is 21.2 Å². The number of hydrogen-bond donors (Lipinski definition) is 3. The number of amides is 2. The Morgan fingerprint density at radius 3 is 2.81 bits per heavy atom. The Balaban J connectivity index is 2.20. The lowest BCUT2D eigenvalue weighted by molar-refractivity contribution is -0.141. The predicted molar refractivity (Wildman–Crippen MR) is 76.6 cm³/mol. The summed E-state index contributed by atoms with van der Waals surface area (Å²) in [6.45, 7) is -0.0569. The summed E-state index contributed by atoms with van der Waals surface area (Å²) in [6.07, 6.45) is -0.874. The molecule has 1 aliphatic heterocycles. The van der Waals surface area contributed by atoms with Crippen molar-refractivity contribution in [3.63, 3.8) is 0 Å². The van der Waals surface area contributed by atoms with Crippen LogP contribution >= 0.6 is 15.9 Å². The number of urea groups is 1. The summed E-state index contributed by atoms with van der Waals surface area (Å²) < 4.78 is 0.674. The molecule has 0 radical (unpaired) electrons. The van der Waals surface area contributed by atoms with E-state index in [-0.39, 0.29) is 24.2 Å². The van der Waals surface area contributed by atoms with Gasteiger partial charge < -0.3 is 20.4 Å². The fraction of sp³-hybridized carbons (Fsp3) is 0.308. The number of anilines is 1. The van der Waals surface area contributed by atoms with Gasteiger partial charge in [-0.1, -0.05) is 15.9 Å². The molecular weight excluding hydrogens is 342 g/mol. The molecule has 1 aromatic rings. The van der Waals surface area contributed by atoms with E-state index in [1.807, 2.05) is 6.07 Å². The van der Waals surface area contributed by atoms with Crippen LogP contribution in [-0.2, 0) is 4.79 Å². The molecule has 1 aliphatic rings. The van der Waals surface area contributed by atoms with E-state index < -0.39 is 24.1 Å². The second kappa shape index (κ2) is 6.11. The number of β-amino-alcohol motifs (C(OH)–C–C–N with tert-alkyl or cyclic N) is 1. The summed E-state index contributed by atoms with van der Waals surface area (Å²) in [7, 11) is 0. The highest BCUT2D eigenvalue weighted by Gasteiger charge is 2.39. The minimum Gasteiger partial charge on any atom is -0.480 e. The van der Waals surface area contributed by atoms with Gasteiger partial charge in [0.1, 0.15) is 12.1 Å². The van der Waals surface area contributed by atoms with Gasteiger partial charge in [-0.2, -0.15) is 5.26 Å². The van der Waals surface area contributed by atoms with Gasteiger partial charge in [0, 0.05) is 17.4 Å². The highest BCUT2D eigenvalue weighted by atomic mass is 79.9. The summed E-state index contributed by atoms with van der Waals surface area (Å²) in [6, 6.07) is 4.96. The number of carbonyl (C=O) groups is 2. The van der Waals surface area contributed by atoms with Gasteiger partial charge in [-0.15, -0.1) is 0 Å². The summed E-state index contributed by atoms with van der Waals surface area (Å²) in [5.74, 6) is -1.17. The van der Waals surface area contributed by atoms with E-state index in [1.165, 1.54) is 6.07 Å². The van der Waals surface area contributed by atoms with Crippen LogP contribution in [0.2, 0.25) is 0 Å². The van der Waals surface area contributed by atoms with Crippen molar-refractivity contribution in [1.29, 1.82) is 5.26 Å². The largest absolute Gasteiger partial charge is 0.480 e. The van der Waals surface area contributed by atoms with Crippen molar-refractivity contribution >= 4 is 33.6 Å². The Hall–Kier alpha value is -2.11. The molecule has 0 aromatic heterocycles. The van der Waals surface area contributed by atoms with Crippen LogP contribution < -0.4 is 5.32 Å². The lowest BCUT2D eigenvalue weighted by atomic mass is 10.2. The van der Waals surface area contributed by atoms with Crippen LogP contribution in [0.1, 0.15) is 12.0 Å². The first-order valence-electron chi connectivity index (χ1n) is 6.10. The molecule has 21 heavy (non-hydrogen) atoms. The third-order valence-corrected chi connectivity index (χ3v) is 3.66. The first-order chi connectivity index (χ1) is 9.92. The van der Waals surface area contributed by atoms with E-state index in [0.717, 1.165) is 4.90 Å². The Labute approximate surface area is 128 Å². The number of carbonyl (C=O) groups excluding carboxylic acids is 1. The number of likely N-dealkylation sites (tertiary alicyclic amines) is 1. The van der Waals surface area contributed by atoms with E-state index >= 15 is 0 Å². The number of carboxylic acid groups (broad SMARTS) is 1. The number of nitrogens with zero attached hydrogens (tertiary/aromatic N) is 2. The Bertz CT molecular complexity index is 628. The molecule has 3 N–H and O–H groups in total. The molecule has 2 atom stereocenters. The third-order valence-electron chi connectivity index (χ3n) is 3.17. The number of nitriles is 1. The number of nitrogens with one attached hydrogen (secondary N) is 1. The van der Waals surface area contributed by atoms with Crippen LogP contribution in [0.4, 0.5) is 10.5 Å². The van der Waals surface area contributed by atoms with Gasteiger partial charge in [0.2, 0.25) is 0 Å². The zero-order valence-corrected chi connectivity index (χ0v) is 12.4. The Morgan fingerprint density at radius 1 is 1.48 bits per heavy atom. The quantitative estimate of drug-likeness (QED) is 0.742. The molecule has 1 fully saturated rings. The fourth-order valence-corrected chi connectivity index (χ4v) is 2.54. The normalized spacial score (nSPS) is 20.9. The molecule has 2 amide bonds. The molecule has 7 nitrogen and oxygen atoms in total. The molecule has 0 saturated carbocycles. The van der Waals surface area contributed by atoms with Gasteiger partial charge in [-0.25, -0.2) is 9.59 Å². The third kappa shape index (κ3) is 3.32. The first kappa shape index (κ1) is 15.3. The molecule has 1 heterocycles. The summed E-state index contributed by atoms with van der Waals surface area (Å²) in [4.78, 5) is 24.3. The monoisotopic (exact) mass is 353 g/mol. The smallest absolute Gasteiger partial charge is 0.326 e. The molecule has 0 bridgehead atoms. The second-order valence-corrected chi connectivity index (χ2v) is 5.54. The highest BCUT2D eigenvalue weighted by molar-refractivity contribution is 9.10. The van der Waals surface area contributed by atoms with Crippen LogP contribution in [0.25, 0.3) is 0 Å². The Kier molecular flexibility index (Phi) is 4.45. The number of aliphatic carboxylic acids is 1. The topological polar surface area (TPSA) is 114 Å². The van der Waals surface area contributed by atoms with E-state index in [4.69, 9.17) is 10.4 Å². The first-order valence-corrected chi connectivity index (χ1v) is 6.90. The van der Waals surface area contributed by atoms with Crippen molar-refractivity contribution in [3.05, 3.63) is 28.2 Å². The van der Waals surface area contributed by atoms with Crippen molar-refractivity contribution in [2.24, 2.45) is 0 Å². The average Bonchev–Trinajstić information content (AvgIpc) is 2.81. The number of aliphatic hydroxyl groups excluding tert-OH is 1. The highest BCUT2D eigenvalue weighted by Crippen LogP contribution is 2.23. The molecule has 8 heteroatoms. The predicted octanol–water partition coefficient (Wildman–Crippen LogP) is 1.37. The summed E-state index contributed by atoms with van der Waals surface area (Å²) in [5.41, 5.74) is 0.542. The standard InChI is InChI=1S/C13H12BrN3O4/c14-8-2-1-7(5-15)10(3-8)16-13(21)17-6-9(18)4-11(17)12(19)20/h1-3,9,11,18H,4,6H2,(H,16,21)(H,19,20)/t9?,11-/m0/s1. The van der Waals surface area contributed by atoms with Crippen LogP contribution in [0, 0.1) is 11.3 Å². The summed E-state index contributed by atoms with van der Waals surface area (Å²) >= 11 is 3.24. The van der Waals surface area contributed by atoms with Crippen LogP contribution in [0.3, 0.4) is 0 Å². The number of hydrogen-bond acceptors (Lipinski definition) is 4. The average molecular weight is 354 g/mol. The molecular formula is C13H12BrN3O4. The molecule has 1 saturated heterocycles. The second-order valence-electron chi connectivity index (χ2n) is 4.63. The summed E-state index contributed by atoms with van der Waals surface area (Å²) in [5, 5.41) is 30.1. The van der Waals surface area contributed by atoms with Gasteiger partial charge in [0.25, 0.3) is 0 Å². The van der Waals surface area contributed by atoms with Crippen LogP contribution in [0.15, 0.2) is 22.7 Å². The lowest BCUT2D eigenvalue weighted by Crippen LogP contribution is -2.43. The number of benzene rings is 1. The van der Waals surface area contributed by atoms with Gasteiger partial charge in [0.05, 0.1) is 17.4 Å². The molecule has 0 aliphatic carbocycles. The molecule has 1 unspecified atom stereocenters. The van der Waals surface area contributed by atoms with Crippen molar-refractivity contribution in [3.8, 4) is 6.07 Å². The molecule has 0 spiro atoms. The minimum absolute atomic E-state index is 0.00759. The maximum Gasteiger partial charge on any atom is 0.326 e. The van der Waals surface area contributed by atoms with E-state index in [9.17, 15) is 14.7 Å². The number of aliphatic hydroxyl groups is 1. The fourth-order valence-electron chi connectivity index (χ4n) is 2.18. The lowest BCUT2D eigenvalue weighted by Gasteiger charge is -2.21. The van der Waals surface area contributed by atoms with Crippen LogP contribution in [0.5, 0.6) is 0 Å². The van der Waals surface area contributed by atoms with Gasteiger partial charge in [-0.3, -0.25) is 0 Å². The van der Waals surface area contributed by atoms with Crippen molar-refractivity contribution in [1.82, 2.24) is 4.90 Å². The maximum atomic E-state index is 12.2. The molecule has 1 aromatic carbocycles. The van der Waals surface area contributed by atoms with Crippen molar-refractivity contribution < 1.29 is 19.8 Å². The Morgan fingerprint density at radius 2 is 2.19 bits per heavy atom. The molecule has 2 rings (SSSR count). The maximum absolute atomic E-state index is 12.2. The number of halogens is 1. The SMILES string of the molecule is N#Cc1ccc(Br)cc1NC(=O)N1CC(O)C[C@H]1C(=O)O. The number of carboxylic acids is 1. The zero-order chi connectivity index (χ0) is 15.6. The van der Waals surface area contributed by atoms with Gasteiger partial charge in [0.15, 0.2) is 0 Å². The molecule has 110 valence electrons. The zero-order valence-electron chi connectivity index (χ0n) is 10.8. The van der Waals surface area contributed by atoms with Gasteiger partial charge in [-0.05, 0) is 18.2 Å². The minimum atomic E-state index is -1.17. The van der Waals surface area contributed by atoms with Crippen molar-refractivity contribution in [2.75, 3.05) is 11.9 Å². The van der Waals surface area contributed by atoms with Crippen LogP contribution in [-0.4, -0.2) is 45.8 Å². The van der Waals surface area contributed by atoms with Crippen molar-refractivity contribution in [2.45, 2.75) is 18.6 Å². The number of rotatable bonds is 2.